The number of hydrogen-bond acceptors (Lipinski definition) is 3. The van der Waals surface area contributed by atoms with Gasteiger partial charge in [-0.3, -0.25) is 4.79 Å². The third-order valence-electron chi connectivity index (χ3n) is 4.91. The molecule has 2 aliphatic rings. The van der Waals surface area contributed by atoms with E-state index in [1.807, 2.05) is 6.92 Å². The lowest BCUT2D eigenvalue weighted by molar-refractivity contribution is -0.148. The standard InChI is InChI=1S/C17H27FO3/c1-4-5-7-16(3,18)8-6-14(19)17-11-12(2)9-13(17)10-15(20)21-17/h6,12-13,19H,4-5,7-11H2,1-3H3/t12-,13-,16-,17+/m0/s1. The Morgan fingerprint density at radius 1 is 1.62 bits per heavy atom. The Bertz CT molecular complexity index is 430. The second kappa shape index (κ2) is 5.98. The summed E-state index contributed by atoms with van der Waals surface area (Å²) in [6, 6.07) is 0. The molecule has 1 aliphatic carbocycles. The van der Waals surface area contributed by atoms with Crippen molar-refractivity contribution >= 4 is 5.97 Å². The van der Waals surface area contributed by atoms with E-state index in [4.69, 9.17) is 4.74 Å². The van der Waals surface area contributed by atoms with Crippen LogP contribution in [-0.2, 0) is 9.53 Å². The second-order valence-corrected chi connectivity index (χ2v) is 7.12. The maximum atomic E-state index is 14.4. The van der Waals surface area contributed by atoms with Crippen LogP contribution in [0.3, 0.4) is 0 Å². The van der Waals surface area contributed by atoms with Gasteiger partial charge in [0.25, 0.3) is 0 Å². The molecule has 0 spiro atoms. The fraction of sp³-hybridized carbons (Fsp3) is 0.824. The topological polar surface area (TPSA) is 46.5 Å². The van der Waals surface area contributed by atoms with Crippen molar-refractivity contribution in [2.75, 3.05) is 0 Å². The van der Waals surface area contributed by atoms with Gasteiger partial charge in [0.15, 0.2) is 5.60 Å². The minimum atomic E-state index is -1.32. The maximum Gasteiger partial charge on any atom is 0.307 e. The molecule has 21 heavy (non-hydrogen) atoms. The van der Waals surface area contributed by atoms with Crippen molar-refractivity contribution < 1.29 is 19.0 Å². The van der Waals surface area contributed by atoms with Crippen LogP contribution in [0.5, 0.6) is 0 Å². The van der Waals surface area contributed by atoms with Crippen LogP contribution >= 0.6 is 0 Å². The Labute approximate surface area is 126 Å². The molecule has 1 saturated carbocycles. The van der Waals surface area contributed by atoms with Crippen molar-refractivity contribution in [1.82, 2.24) is 0 Å². The molecule has 0 radical (unpaired) electrons. The van der Waals surface area contributed by atoms with Crippen molar-refractivity contribution in [2.45, 2.75) is 77.0 Å². The monoisotopic (exact) mass is 298 g/mol. The van der Waals surface area contributed by atoms with Crippen LogP contribution in [0.15, 0.2) is 11.8 Å². The molecule has 120 valence electrons. The average molecular weight is 298 g/mol. The van der Waals surface area contributed by atoms with Crippen molar-refractivity contribution in [3.05, 3.63) is 11.8 Å². The van der Waals surface area contributed by atoms with E-state index >= 15 is 0 Å². The quantitative estimate of drug-likeness (QED) is 0.581. The number of esters is 1. The normalized spacial score (nSPS) is 35.4. The summed E-state index contributed by atoms with van der Waals surface area (Å²) >= 11 is 0. The summed E-state index contributed by atoms with van der Waals surface area (Å²) in [5.74, 6) is 0.261. The second-order valence-electron chi connectivity index (χ2n) is 7.12. The number of carbonyl (C=O) groups excluding carboxylic acids is 1. The molecule has 2 rings (SSSR count). The van der Waals surface area contributed by atoms with Crippen LogP contribution in [0.2, 0.25) is 0 Å². The van der Waals surface area contributed by atoms with Gasteiger partial charge in [0, 0.05) is 12.3 Å². The summed E-state index contributed by atoms with van der Waals surface area (Å²) in [5, 5.41) is 10.5. The number of halogens is 1. The first-order valence-electron chi connectivity index (χ1n) is 8.09. The van der Waals surface area contributed by atoms with Gasteiger partial charge in [0.05, 0.1) is 6.42 Å². The molecule has 0 aromatic heterocycles. The zero-order chi connectivity index (χ0) is 15.7. The summed E-state index contributed by atoms with van der Waals surface area (Å²) in [4.78, 5) is 11.6. The van der Waals surface area contributed by atoms with E-state index in [9.17, 15) is 14.3 Å². The van der Waals surface area contributed by atoms with Crippen LogP contribution in [0.1, 0.15) is 65.7 Å². The van der Waals surface area contributed by atoms with Gasteiger partial charge in [-0.05, 0) is 38.2 Å². The first kappa shape index (κ1) is 16.3. The van der Waals surface area contributed by atoms with E-state index in [1.54, 1.807) is 13.0 Å². The lowest BCUT2D eigenvalue weighted by Gasteiger charge is -2.28. The number of rotatable bonds is 6. The SMILES string of the molecule is CCCC[C@](C)(F)CC=C(O)[C@@]12C[C@@H](C)C[C@H]1CC(=O)O2. The van der Waals surface area contributed by atoms with Gasteiger partial charge in [0.1, 0.15) is 11.4 Å². The molecule has 0 bridgehead atoms. The molecule has 1 saturated heterocycles. The predicted octanol–water partition coefficient (Wildman–Crippen LogP) is 4.47. The number of ether oxygens (including phenoxy) is 1. The van der Waals surface area contributed by atoms with Crippen molar-refractivity contribution in [2.24, 2.45) is 11.8 Å². The first-order valence-corrected chi connectivity index (χ1v) is 8.09. The van der Waals surface area contributed by atoms with E-state index in [0.717, 1.165) is 19.3 Å². The molecule has 1 N–H and O–H groups in total. The minimum absolute atomic E-state index is 0.0396. The molecule has 2 fully saturated rings. The van der Waals surface area contributed by atoms with Gasteiger partial charge < -0.3 is 9.84 Å². The Morgan fingerprint density at radius 2 is 2.33 bits per heavy atom. The molecule has 0 amide bonds. The molecule has 1 aliphatic heterocycles. The molecular formula is C17H27FO3. The molecule has 0 unspecified atom stereocenters. The molecule has 4 atom stereocenters. The molecule has 0 aromatic rings. The predicted molar refractivity (Wildman–Crippen MR) is 79.7 cm³/mol. The number of unbranched alkanes of at least 4 members (excludes halogenated alkanes) is 1. The van der Waals surface area contributed by atoms with Gasteiger partial charge in [-0.2, -0.15) is 0 Å². The van der Waals surface area contributed by atoms with Crippen LogP contribution in [0.25, 0.3) is 0 Å². The van der Waals surface area contributed by atoms with Crippen LogP contribution in [0.4, 0.5) is 4.39 Å². The van der Waals surface area contributed by atoms with E-state index in [2.05, 4.69) is 6.92 Å². The third-order valence-corrected chi connectivity index (χ3v) is 4.91. The lowest BCUT2D eigenvalue weighted by atomic mass is 9.87. The molecular weight excluding hydrogens is 271 g/mol. The highest BCUT2D eigenvalue weighted by molar-refractivity contribution is 5.74. The van der Waals surface area contributed by atoms with E-state index in [1.165, 1.54) is 0 Å². The van der Waals surface area contributed by atoms with E-state index in [-0.39, 0.29) is 24.1 Å². The third kappa shape index (κ3) is 3.41. The maximum absolute atomic E-state index is 14.4. The molecule has 3 nitrogen and oxygen atoms in total. The van der Waals surface area contributed by atoms with Crippen molar-refractivity contribution in [1.29, 1.82) is 0 Å². The summed E-state index contributed by atoms with van der Waals surface area (Å²) in [7, 11) is 0. The number of fused-ring (bicyclic) bond motifs is 1. The number of allylic oxidation sites excluding steroid dienone is 1. The average Bonchev–Trinajstić information content (AvgIpc) is 2.85. The van der Waals surface area contributed by atoms with E-state index < -0.39 is 11.3 Å². The van der Waals surface area contributed by atoms with Gasteiger partial charge in [-0.25, -0.2) is 4.39 Å². The highest BCUT2D eigenvalue weighted by atomic mass is 19.1. The fourth-order valence-electron chi connectivity index (χ4n) is 3.76. The summed E-state index contributed by atoms with van der Waals surface area (Å²) in [6.07, 6.45) is 5.87. The molecule has 4 heteroatoms. The smallest absolute Gasteiger partial charge is 0.307 e. The molecule has 1 heterocycles. The fourth-order valence-corrected chi connectivity index (χ4v) is 3.76. The van der Waals surface area contributed by atoms with Crippen molar-refractivity contribution in [3.63, 3.8) is 0 Å². The largest absolute Gasteiger partial charge is 0.508 e. The lowest BCUT2D eigenvalue weighted by Crippen LogP contribution is -2.34. The van der Waals surface area contributed by atoms with Crippen LogP contribution in [-0.4, -0.2) is 22.3 Å². The highest BCUT2D eigenvalue weighted by Crippen LogP contribution is 2.51. The van der Waals surface area contributed by atoms with Gasteiger partial charge in [0.2, 0.25) is 0 Å². The van der Waals surface area contributed by atoms with Gasteiger partial charge in [-0.15, -0.1) is 0 Å². The zero-order valence-electron chi connectivity index (χ0n) is 13.3. The Kier molecular flexibility index (Phi) is 4.64. The first-order chi connectivity index (χ1) is 9.79. The van der Waals surface area contributed by atoms with Crippen LogP contribution < -0.4 is 0 Å². The van der Waals surface area contributed by atoms with Crippen LogP contribution in [0, 0.1) is 11.8 Å². The van der Waals surface area contributed by atoms with E-state index in [0.29, 0.717) is 25.2 Å². The Morgan fingerprint density at radius 3 is 3.00 bits per heavy atom. The summed E-state index contributed by atoms with van der Waals surface area (Å²) in [6.45, 7) is 5.70. The summed E-state index contributed by atoms with van der Waals surface area (Å²) < 4.78 is 19.8. The number of carbonyl (C=O) groups is 1. The van der Waals surface area contributed by atoms with Gasteiger partial charge >= 0.3 is 5.97 Å². The Hall–Kier alpha value is -1.06. The number of aliphatic hydroxyl groups excluding tert-OH is 1. The number of aliphatic hydroxyl groups is 1. The molecule has 0 aromatic carbocycles. The number of hydrogen-bond donors (Lipinski definition) is 1. The number of alkyl halides is 1. The van der Waals surface area contributed by atoms with Gasteiger partial charge in [-0.1, -0.05) is 26.7 Å². The highest BCUT2D eigenvalue weighted by Gasteiger charge is 2.57. The minimum Gasteiger partial charge on any atom is -0.508 e. The Balaban J connectivity index is 2.09. The summed E-state index contributed by atoms with van der Waals surface area (Å²) in [5.41, 5.74) is -2.19. The zero-order valence-corrected chi connectivity index (χ0v) is 13.3. The van der Waals surface area contributed by atoms with Crippen molar-refractivity contribution in [3.8, 4) is 0 Å².